The van der Waals surface area contributed by atoms with Crippen molar-refractivity contribution in [1.82, 2.24) is 15.5 Å². The predicted molar refractivity (Wildman–Crippen MR) is 108 cm³/mol. The third-order valence-corrected chi connectivity index (χ3v) is 5.19. The molecule has 0 aliphatic heterocycles. The molecule has 152 valence electrons. The second-order valence-corrected chi connectivity index (χ2v) is 7.83. The van der Waals surface area contributed by atoms with Gasteiger partial charge in [0, 0.05) is 18.0 Å². The van der Waals surface area contributed by atoms with Gasteiger partial charge in [0.1, 0.15) is 16.9 Å². The Hall–Kier alpha value is -3.14. The van der Waals surface area contributed by atoms with Gasteiger partial charge < -0.3 is 15.6 Å². The van der Waals surface area contributed by atoms with E-state index < -0.39 is 11.4 Å². The number of aryl methyl sites for hydroxylation is 1. The van der Waals surface area contributed by atoms with E-state index in [0.717, 1.165) is 32.1 Å². The molecule has 0 atom stereocenters. The van der Waals surface area contributed by atoms with Crippen LogP contribution in [0.5, 0.6) is 0 Å². The molecular formula is C22H26N4O3. The number of primary amides is 1. The summed E-state index contributed by atoms with van der Waals surface area (Å²) in [6, 6.07) is 1.61. The highest BCUT2D eigenvalue weighted by atomic mass is 16.5. The summed E-state index contributed by atoms with van der Waals surface area (Å²) in [6.45, 7) is 5.69. The first-order chi connectivity index (χ1) is 13.8. The lowest BCUT2D eigenvalue weighted by molar-refractivity contribution is 0.0900. The molecule has 0 saturated heterocycles. The number of rotatable bonds is 4. The first kappa shape index (κ1) is 20.6. The Balaban J connectivity index is 1.91. The molecule has 1 aliphatic carbocycles. The number of nitrogens with two attached hydrogens (primary N) is 1. The second-order valence-electron chi connectivity index (χ2n) is 7.83. The molecule has 3 rings (SSSR count). The van der Waals surface area contributed by atoms with Crippen LogP contribution >= 0.6 is 0 Å². The van der Waals surface area contributed by atoms with Crippen molar-refractivity contribution in [2.24, 2.45) is 5.73 Å². The van der Waals surface area contributed by atoms with Gasteiger partial charge >= 0.3 is 0 Å². The van der Waals surface area contributed by atoms with Gasteiger partial charge in [-0.05, 0) is 31.7 Å². The third kappa shape index (κ3) is 4.65. The van der Waals surface area contributed by atoms with Gasteiger partial charge in [0.05, 0.1) is 11.3 Å². The van der Waals surface area contributed by atoms with Gasteiger partial charge in [-0.3, -0.25) is 14.6 Å². The number of hydrogen-bond acceptors (Lipinski definition) is 5. The molecule has 7 nitrogen and oxygen atoms in total. The molecule has 0 spiro atoms. The summed E-state index contributed by atoms with van der Waals surface area (Å²) < 4.78 is 5.27. The van der Waals surface area contributed by atoms with E-state index in [-0.39, 0.29) is 11.8 Å². The summed E-state index contributed by atoms with van der Waals surface area (Å²) in [5.74, 6) is 6.14. The zero-order valence-corrected chi connectivity index (χ0v) is 17.0. The zero-order valence-electron chi connectivity index (χ0n) is 17.0. The maximum Gasteiger partial charge on any atom is 0.258 e. The van der Waals surface area contributed by atoms with E-state index in [0.29, 0.717) is 28.1 Å². The van der Waals surface area contributed by atoms with Crippen LogP contribution in [0.3, 0.4) is 0 Å². The van der Waals surface area contributed by atoms with Crippen molar-refractivity contribution < 1.29 is 14.1 Å². The topological polar surface area (TPSA) is 111 Å². The van der Waals surface area contributed by atoms with Crippen LogP contribution < -0.4 is 11.1 Å². The summed E-state index contributed by atoms with van der Waals surface area (Å²) in [4.78, 5) is 28.5. The van der Waals surface area contributed by atoms with Gasteiger partial charge in [-0.25, -0.2) is 0 Å². The van der Waals surface area contributed by atoms with Crippen molar-refractivity contribution in [3.05, 3.63) is 46.6 Å². The monoisotopic (exact) mass is 394 g/mol. The molecule has 3 N–H and O–H groups in total. The average Bonchev–Trinajstić information content (AvgIpc) is 3.09. The Kier molecular flexibility index (Phi) is 6.02. The number of aromatic nitrogens is 2. The maximum absolute atomic E-state index is 13.1. The van der Waals surface area contributed by atoms with Gasteiger partial charge in [0.25, 0.3) is 5.91 Å². The fraction of sp³-hybridized carbons (Fsp3) is 0.455. The zero-order chi connectivity index (χ0) is 21.0. The Morgan fingerprint density at radius 2 is 1.97 bits per heavy atom. The van der Waals surface area contributed by atoms with Gasteiger partial charge in [-0.2, -0.15) is 0 Å². The lowest BCUT2D eigenvalue weighted by Gasteiger charge is -2.33. The van der Waals surface area contributed by atoms with E-state index in [9.17, 15) is 9.59 Å². The van der Waals surface area contributed by atoms with Crippen molar-refractivity contribution in [2.75, 3.05) is 0 Å². The summed E-state index contributed by atoms with van der Waals surface area (Å²) in [5.41, 5.74) is 6.71. The highest BCUT2D eigenvalue weighted by Crippen LogP contribution is 2.29. The quantitative estimate of drug-likeness (QED) is 0.774. The molecule has 0 bridgehead atoms. The predicted octanol–water partition coefficient (Wildman–Crippen LogP) is 3.08. The molecule has 0 aromatic carbocycles. The molecule has 1 saturated carbocycles. The fourth-order valence-electron chi connectivity index (χ4n) is 3.61. The smallest absolute Gasteiger partial charge is 0.258 e. The van der Waals surface area contributed by atoms with E-state index in [1.807, 2.05) is 13.8 Å². The minimum atomic E-state index is -0.643. The van der Waals surface area contributed by atoms with Crippen LogP contribution in [0.25, 0.3) is 0 Å². The van der Waals surface area contributed by atoms with Gasteiger partial charge in [-0.15, -0.1) is 0 Å². The highest BCUT2D eigenvalue weighted by molar-refractivity contribution is 5.97. The van der Waals surface area contributed by atoms with E-state index in [1.165, 1.54) is 6.20 Å². The minimum absolute atomic E-state index is 0.0733. The molecule has 2 amide bonds. The molecule has 0 radical (unpaired) electrons. The molecular weight excluding hydrogens is 368 g/mol. The first-order valence-electron chi connectivity index (χ1n) is 9.88. The van der Waals surface area contributed by atoms with E-state index >= 15 is 0 Å². The van der Waals surface area contributed by atoms with Gasteiger partial charge in [0.2, 0.25) is 5.91 Å². The summed E-state index contributed by atoms with van der Waals surface area (Å²) >= 11 is 0. The summed E-state index contributed by atoms with van der Waals surface area (Å²) in [7, 11) is 0. The van der Waals surface area contributed by atoms with Gasteiger partial charge in [0.15, 0.2) is 0 Å². The van der Waals surface area contributed by atoms with Crippen LogP contribution in [-0.2, 0) is 0 Å². The summed E-state index contributed by atoms with van der Waals surface area (Å²) in [6.07, 6.45) is 7.59. The van der Waals surface area contributed by atoms with Crippen molar-refractivity contribution >= 4 is 11.8 Å². The van der Waals surface area contributed by atoms with E-state index in [1.54, 1.807) is 19.2 Å². The number of amides is 2. The Labute approximate surface area is 170 Å². The molecule has 2 aromatic heterocycles. The van der Waals surface area contributed by atoms with Crippen molar-refractivity contribution in [2.45, 2.75) is 64.3 Å². The summed E-state index contributed by atoms with van der Waals surface area (Å²) in [5, 5.41) is 7.20. The Morgan fingerprint density at radius 1 is 1.24 bits per heavy atom. The average molecular weight is 394 g/mol. The Morgan fingerprint density at radius 3 is 2.62 bits per heavy atom. The highest BCUT2D eigenvalue weighted by Gasteiger charge is 2.34. The molecule has 7 heteroatoms. The fourth-order valence-corrected chi connectivity index (χ4v) is 3.61. The van der Waals surface area contributed by atoms with Crippen LogP contribution in [0.4, 0.5) is 0 Å². The van der Waals surface area contributed by atoms with Gasteiger partial charge in [-0.1, -0.05) is 50.1 Å². The lowest BCUT2D eigenvalue weighted by atomic mass is 9.81. The first-order valence-corrected chi connectivity index (χ1v) is 9.88. The van der Waals surface area contributed by atoms with E-state index in [4.69, 9.17) is 10.3 Å². The Bertz CT molecular complexity index is 975. The normalized spacial score (nSPS) is 15.4. The standard InChI is InChI=1S/C22H26N4O3/c1-14(2)19-18(15(3)29-26-19)21(28)25-22(8-5-4-6-9-22)10-7-16-11-17(20(23)27)13-24-12-16/h11-14H,4-6,8-9H2,1-3H3,(H2,23,27)(H,25,28). The SMILES string of the molecule is Cc1onc(C(C)C)c1C(=O)NC1(C#Cc2cncc(C(N)=O)c2)CCCCC1. The second kappa shape index (κ2) is 8.48. The van der Waals surface area contributed by atoms with Crippen LogP contribution in [0.1, 0.15) is 89.6 Å². The largest absolute Gasteiger partial charge is 0.366 e. The number of hydrogen-bond donors (Lipinski definition) is 2. The molecule has 29 heavy (non-hydrogen) atoms. The molecule has 1 fully saturated rings. The molecule has 2 heterocycles. The number of nitrogens with one attached hydrogen (secondary N) is 1. The lowest BCUT2D eigenvalue weighted by Crippen LogP contribution is -2.49. The third-order valence-electron chi connectivity index (χ3n) is 5.19. The number of nitrogens with zero attached hydrogens (tertiary/aromatic N) is 2. The van der Waals surface area contributed by atoms with Crippen molar-refractivity contribution in [3.8, 4) is 11.8 Å². The minimum Gasteiger partial charge on any atom is -0.366 e. The molecule has 1 aliphatic rings. The number of pyridine rings is 1. The molecule has 2 aromatic rings. The maximum atomic E-state index is 13.1. The number of carbonyl (C=O) groups excluding carboxylic acids is 2. The number of carbonyl (C=O) groups is 2. The van der Waals surface area contributed by atoms with Crippen LogP contribution in [-0.4, -0.2) is 27.5 Å². The van der Waals surface area contributed by atoms with Crippen molar-refractivity contribution in [1.29, 1.82) is 0 Å². The molecule has 0 unspecified atom stereocenters. The van der Waals surface area contributed by atoms with Crippen LogP contribution in [0.15, 0.2) is 23.0 Å². The van der Waals surface area contributed by atoms with Crippen molar-refractivity contribution in [3.63, 3.8) is 0 Å². The van der Waals surface area contributed by atoms with E-state index in [2.05, 4.69) is 27.3 Å². The van der Waals surface area contributed by atoms with Crippen LogP contribution in [0.2, 0.25) is 0 Å². The van der Waals surface area contributed by atoms with Crippen LogP contribution in [0, 0.1) is 18.8 Å².